The summed E-state index contributed by atoms with van der Waals surface area (Å²) in [5.41, 5.74) is 2.39. The molecule has 0 aliphatic heterocycles. The number of nitrogens with zero attached hydrogens (tertiary/aromatic N) is 1. The number of amides is 1. The van der Waals surface area contributed by atoms with Crippen molar-refractivity contribution in [2.75, 3.05) is 0 Å². The standard InChI is InChI=1S/C15H24N2O2/c18-11-16-17-15(19)14(12-7-3-1-4-8-12)13-9-5-2-6-10-13/h12-14H,1-10H2,(H,17,19). The maximum absolute atomic E-state index is 12.3. The van der Waals surface area contributed by atoms with Crippen molar-refractivity contribution in [2.24, 2.45) is 22.9 Å². The van der Waals surface area contributed by atoms with Crippen LogP contribution >= 0.6 is 0 Å². The zero-order valence-corrected chi connectivity index (χ0v) is 11.6. The Labute approximate surface area is 115 Å². The molecule has 1 N–H and O–H groups in total. The second kappa shape index (κ2) is 7.44. The van der Waals surface area contributed by atoms with Crippen LogP contribution in [-0.2, 0) is 9.59 Å². The molecule has 0 bridgehead atoms. The molecule has 0 atom stereocenters. The van der Waals surface area contributed by atoms with E-state index < -0.39 is 0 Å². The van der Waals surface area contributed by atoms with Gasteiger partial charge in [-0.1, -0.05) is 43.6 Å². The van der Waals surface area contributed by atoms with Crippen LogP contribution in [0.3, 0.4) is 0 Å². The predicted molar refractivity (Wildman–Crippen MR) is 72.9 cm³/mol. The van der Waals surface area contributed by atoms with E-state index in [0.717, 1.165) is 25.7 Å². The lowest BCUT2D eigenvalue weighted by Gasteiger charge is -2.36. The molecule has 2 saturated carbocycles. The van der Waals surface area contributed by atoms with E-state index in [-0.39, 0.29) is 11.8 Å². The smallest absolute Gasteiger partial charge is 0.258 e. The average molecular weight is 264 g/mol. The largest absolute Gasteiger partial charge is 0.273 e. The second-order valence-corrected chi connectivity index (χ2v) is 6.00. The Morgan fingerprint density at radius 3 is 1.84 bits per heavy atom. The lowest BCUT2D eigenvalue weighted by Crippen LogP contribution is -2.39. The molecule has 0 aromatic carbocycles. The molecule has 1 amide bonds. The number of carbonyl (C=O) groups is 1. The molecule has 0 radical (unpaired) electrons. The van der Waals surface area contributed by atoms with E-state index in [2.05, 4.69) is 10.5 Å². The minimum absolute atomic E-state index is 0.0534. The van der Waals surface area contributed by atoms with Gasteiger partial charge in [0, 0.05) is 5.92 Å². The molecule has 0 aromatic rings. The number of rotatable bonds is 4. The first-order chi connectivity index (χ1) is 9.33. The van der Waals surface area contributed by atoms with Crippen LogP contribution in [0.2, 0.25) is 0 Å². The molecule has 4 nitrogen and oxygen atoms in total. The molecular weight excluding hydrogens is 240 g/mol. The molecule has 0 heterocycles. The minimum Gasteiger partial charge on any atom is -0.273 e. The minimum atomic E-state index is -0.0536. The Bertz CT molecular complexity index is 320. The van der Waals surface area contributed by atoms with Crippen LogP contribution in [-0.4, -0.2) is 12.0 Å². The quantitative estimate of drug-likeness (QED) is 0.482. The van der Waals surface area contributed by atoms with E-state index >= 15 is 0 Å². The van der Waals surface area contributed by atoms with Crippen molar-refractivity contribution >= 4 is 12.0 Å². The van der Waals surface area contributed by atoms with Crippen LogP contribution in [0.5, 0.6) is 0 Å². The lowest BCUT2D eigenvalue weighted by atomic mass is 9.69. The summed E-state index contributed by atoms with van der Waals surface area (Å²) in [6, 6.07) is 0. The van der Waals surface area contributed by atoms with Crippen LogP contribution in [0.15, 0.2) is 5.10 Å². The zero-order chi connectivity index (χ0) is 13.5. The van der Waals surface area contributed by atoms with Gasteiger partial charge in [-0.2, -0.15) is 0 Å². The molecular formula is C15H24N2O2. The maximum atomic E-state index is 12.3. The van der Waals surface area contributed by atoms with Crippen LogP contribution in [0.1, 0.15) is 64.2 Å². The fourth-order valence-corrected chi connectivity index (χ4v) is 3.95. The highest BCUT2D eigenvalue weighted by atomic mass is 16.2. The summed E-state index contributed by atoms with van der Waals surface area (Å²) in [5, 5.41) is 3.28. The molecule has 2 aliphatic rings. The van der Waals surface area contributed by atoms with Crippen molar-refractivity contribution in [3.05, 3.63) is 0 Å². The fourth-order valence-electron chi connectivity index (χ4n) is 3.95. The van der Waals surface area contributed by atoms with Crippen LogP contribution in [0.4, 0.5) is 0 Å². The number of isocyanates is 1. The SMILES string of the molecule is O=C=NNC(=O)C(C1CCCCC1)C1CCCCC1. The Hall–Kier alpha value is -1.15. The van der Waals surface area contributed by atoms with Gasteiger partial charge < -0.3 is 0 Å². The maximum Gasteiger partial charge on any atom is 0.258 e. The van der Waals surface area contributed by atoms with Gasteiger partial charge in [0.25, 0.3) is 6.08 Å². The molecule has 0 unspecified atom stereocenters. The normalized spacial score (nSPS) is 21.9. The Morgan fingerprint density at radius 2 is 1.42 bits per heavy atom. The first-order valence-electron chi connectivity index (χ1n) is 7.69. The van der Waals surface area contributed by atoms with Crippen LogP contribution in [0.25, 0.3) is 0 Å². The molecule has 2 aliphatic carbocycles. The highest BCUT2D eigenvalue weighted by Crippen LogP contribution is 2.40. The lowest BCUT2D eigenvalue weighted by molar-refractivity contribution is -0.129. The van der Waals surface area contributed by atoms with Crippen molar-refractivity contribution < 1.29 is 9.59 Å². The average Bonchev–Trinajstić information content (AvgIpc) is 2.47. The summed E-state index contributed by atoms with van der Waals surface area (Å²) < 4.78 is 0. The van der Waals surface area contributed by atoms with Crippen molar-refractivity contribution in [2.45, 2.75) is 64.2 Å². The van der Waals surface area contributed by atoms with E-state index in [1.54, 1.807) is 0 Å². The van der Waals surface area contributed by atoms with Crippen LogP contribution in [0, 0.1) is 17.8 Å². The molecule has 2 fully saturated rings. The Balaban J connectivity index is 2.05. The van der Waals surface area contributed by atoms with Crippen molar-refractivity contribution in [3.63, 3.8) is 0 Å². The highest BCUT2D eigenvalue weighted by Gasteiger charge is 2.36. The van der Waals surface area contributed by atoms with E-state index in [1.165, 1.54) is 44.6 Å². The van der Waals surface area contributed by atoms with Crippen molar-refractivity contribution in [3.8, 4) is 0 Å². The van der Waals surface area contributed by atoms with E-state index in [4.69, 9.17) is 0 Å². The number of carbonyl (C=O) groups excluding carboxylic acids is 2. The third-order valence-electron chi connectivity index (χ3n) is 4.83. The van der Waals surface area contributed by atoms with E-state index in [9.17, 15) is 9.59 Å². The third-order valence-corrected chi connectivity index (χ3v) is 4.83. The summed E-state index contributed by atoms with van der Waals surface area (Å²) in [6.07, 6.45) is 13.5. The van der Waals surface area contributed by atoms with Gasteiger partial charge >= 0.3 is 0 Å². The van der Waals surface area contributed by atoms with Gasteiger partial charge in [-0.25, -0.2) is 10.2 Å². The van der Waals surface area contributed by atoms with Crippen molar-refractivity contribution in [1.82, 2.24) is 5.43 Å². The molecule has 2 rings (SSSR count). The summed E-state index contributed by atoms with van der Waals surface area (Å²) in [6.45, 7) is 0. The zero-order valence-electron chi connectivity index (χ0n) is 11.6. The molecule has 0 aromatic heterocycles. The van der Waals surface area contributed by atoms with Gasteiger partial charge in [0.1, 0.15) is 0 Å². The van der Waals surface area contributed by atoms with Crippen molar-refractivity contribution in [1.29, 1.82) is 0 Å². The summed E-state index contributed by atoms with van der Waals surface area (Å²) >= 11 is 0. The highest BCUT2D eigenvalue weighted by molar-refractivity contribution is 5.79. The Morgan fingerprint density at radius 1 is 0.947 bits per heavy atom. The van der Waals surface area contributed by atoms with Gasteiger partial charge in [0.05, 0.1) is 0 Å². The number of hydrogen-bond donors (Lipinski definition) is 1. The topological polar surface area (TPSA) is 58.5 Å². The predicted octanol–water partition coefficient (Wildman–Crippen LogP) is 3.13. The molecule has 0 saturated heterocycles. The molecule has 106 valence electrons. The van der Waals surface area contributed by atoms with Crippen LogP contribution < -0.4 is 5.43 Å². The number of hydrogen-bond acceptors (Lipinski definition) is 3. The Kier molecular flexibility index (Phi) is 5.59. The fraction of sp³-hybridized carbons (Fsp3) is 0.867. The summed E-state index contributed by atoms with van der Waals surface area (Å²) in [7, 11) is 0. The second-order valence-electron chi connectivity index (χ2n) is 6.00. The summed E-state index contributed by atoms with van der Waals surface area (Å²) in [5.74, 6) is 0.970. The van der Waals surface area contributed by atoms with E-state index in [1.807, 2.05) is 0 Å². The van der Waals surface area contributed by atoms with E-state index in [0.29, 0.717) is 11.8 Å². The molecule has 0 spiro atoms. The van der Waals surface area contributed by atoms with Gasteiger partial charge in [-0.15, -0.1) is 0 Å². The first-order valence-corrected chi connectivity index (χ1v) is 7.69. The molecule has 19 heavy (non-hydrogen) atoms. The first kappa shape index (κ1) is 14.3. The van der Waals surface area contributed by atoms with Gasteiger partial charge in [0.15, 0.2) is 0 Å². The number of nitrogens with one attached hydrogen (secondary N) is 1. The monoisotopic (exact) mass is 264 g/mol. The van der Waals surface area contributed by atoms with Gasteiger partial charge in [-0.3, -0.25) is 4.79 Å². The summed E-state index contributed by atoms with van der Waals surface area (Å²) in [4.78, 5) is 22.5. The molecule has 4 heteroatoms. The third kappa shape index (κ3) is 3.90. The van der Waals surface area contributed by atoms with Gasteiger partial charge in [0.2, 0.25) is 5.91 Å². The number of hydrazone groups is 1. The van der Waals surface area contributed by atoms with Gasteiger partial charge in [-0.05, 0) is 37.5 Å².